The molecule has 0 aromatic heterocycles. The van der Waals surface area contributed by atoms with E-state index < -0.39 is 24.2 Å². The van der Waals surface area contributed by atoms with Crippen LogP contribution in [0.5, 0.6) is 0 Å². The topological polar surface area (TPSA) is 86.6 Å². The molecule has 1 aromatic rings. The van der Waals surface area contributed by atoms with Gasteiger partial charge in [-0.2, -0.15) is 13.2 Å². The summed E-state index contributed by atoms with van der Waals surface area (Å²) in [6.07, 6.45) is -4.51. The van der Waals surface area contributed by atoms with Crippen LogP contribution in [-0.4, -0.2) is 40.9 Å². The third-order valence-corrected chi connectivity index (χ3v) is 3.01. The summed E-state index contributed by atoms with van der Waals surface area (Å²) in [4.78, 5) is 19.6. The summed E-state index contributed by atoms with van der Waals surface area (Å²) in [6.45, 7) is 0.641. The zero-order valence-corrected chi connectivity index (χ0v) is 11.1. The van der Waals surface area contributed by atoms with Gasteiger partial charge < -0.3 is 15.5 Å². The van der Waals surface area contributed by atoms with Gasteiger partial charge >= 0.3 is 18.1 Å². The SMILES string of the molecule is O=C(O)C(F)(F)F.O=C(O)C1CC(c2ccc(F)cc2)CN1. The van der Waals surface area contributed by atoms with Crippen LogP contribution in [0, 0.1) is 5.82 Å². The van der Waals surface area contributed by atoms with E-state index in [0.29, 0.717) is 13.0 Å². The van der Waals surface area contributed by atoms with Crippen LogP contribution in [0.1, 0.15) is 17.9 Å². The van der Waals surface area contributed by atoms with Crippen molar-refractivity contribution < 1.29 is 37.4 Å². The molecule has 1 heterocycles. The minimum Gasteiger partial charge on any atom is -0.480 e. The monoisotopic (exact) mass is 323 g/mol. The van der Waals surface area contributed by atoms with Crippen molar-refractivity contribution in [3.63, 3.8) is 0 Å². The maximum absolute atomic E-state index is 12.7. The van der Waals surface area contributed by atoms with E-state index in [0.717, 1.165) is 5.56 Å². The number of carbonyl (C=O) groups is 2. The lowest BCUT2D eigenvalue weighted by Crippen LogP contribution is -2.29. The van der Waals surface area contributed by atoms with Crippen molar-refractivity contribution in [2.24, 2.45) is 0 Å². The van der Waals surface area contributed by atoms with E-state index >= 15 is 0 Å². The first kappa shape index (κ1) is 17.9. The molecule has 0 bridgehead atoms. The average Bonchev–Trinajstić information content (AvgIpc) is 2.89. The Morgan fingerprint density at radius 1 is 1.14 bits per heavy atom. The van der Waals surface area contributed by atoms with Gasteiger partial charge in [-0.15, -0.1) is 0 Å². The number of carboxylic acids is 2. The van der Waals surface area contributed by atoms with Gasteiger partial charge in [0, 0.05) is 6.54 Å². The van der Waals surface area contributed by atoms with E-state index in [1.54, 1.807) is 12.1 Å². The largest absolute Gasteiger partial charge is 0.490 e. The van der Waals surface area contributed by atoms with Gasteiger partial charge in [0.05, 0.1) is 0 Å². The smallest absolute Gasteiger partial charge is 0.480 e. The molecular formula is C13H13F4NO4. The number of aliphatic carboxylic acids is 2. The van der Waals surface area contributed by atoms with Gasteiger partial charge in [-0.3, -0.25) is 4.79 Å². The second kappa shape index (κ2) is 7.21. The first-order valence-corrected chi connectivity index (χ1v) is 6.13. The number of nitrogens with one attached hydrogen (secondary N) is 1. The summed E-state index contributed by atoms with van der Waals surface area (Å²) in [5.74, 6) is -3.67. The normalized spacial score (nSPS) is 20.9. The fourth-order valence-corrected chi connectivity index (χ4v) is 1.91. The highest BCUT2D eigenvalue weighted by Crippen LogP contribution is 2.25. The Morgan fingerprint density at radius 2 is 1.64 bits per heavy atom. The van der Waals surface area contributed by atoms with Crippen LogP contribution in [0.2, 0.25) is 0 Å². The van der Waals surface area contributed by atoms with Crippen molar-refractivity contribution in [1.82, 2.24) is 5.32 Å². The second-order valence-corrected chi connectivity index (χ2v) is 4.59. The summed E-state index contributed by atoms with van der Waals surface area (Å²) in [5.41, 5.74) is 0.993. The number of halogens is 4. The molecule has 22 heavy (non-hydrogen) atoms. The molecule has 0 aliphatic carbocycles. The number of hydrogen-bond donors (Lipinski definition) is 3. The lowest BCUT2D eigenvalue weighted by atomic mass is 9.96. The standard InChI is InChI=1S/C11H12FNO2.C2HF3O2/c12-9-3-1-7(2-4-9)8-5-10(11(14)15)13-6-8;3-2(4,5)1(6)7/h1-4,8,10,13H,5-6H2,(H,14,15);(H,6,7). The Hall–Kier alpha value is -2.16. The van der Waals surface area contributed by atoms with Crippen molar-refractivity contribution in [3.05, 3.63) is 35.6 Å². The van der Waals surface area contributed by atoms with Crippen molar-refractivity contribution in [2.75, 3.05) is 6.54 Å². The Morgan fingerprint density at radius 3 is 2.00 bits per heavy atom. The molecule has 122 valence electrons. The van der Waals surface area contributed by atoms with E-state index in [9.17, 15) is 22.4 Å². The van der Waals surface area contributed by atoms with Gasteiger partial charge in [-0.05, 0) is 30.0 Å². The van der Waals surface area contributed by atoms with E-state index in [2.05, 4.69) is 5.32 Å². The third kappa shape index (κ3) is 5.32. The van der Waals surface area contributed by atoms with Crippen molar-refractivity contribution in [2.45, 2.75) is 24.6 Å². The Labute approximate surface area is 122 Å². The molecular weight excluding hydrogens is 310 g/mol. The fourth-order valence-electron chi connectivity index (χ4n) is 1.91. The zero-order valence-electron chi connectivity index (χ0n) is 11.1. The predicted molar refractivity (Wildman–Crippen MR) is 66.9 cm³/mol. The van der Waals surface area contributed by atoms with Crippen LogP contribution in [-0.2, 0) is 9.59 Å². The molecule has 2 atom stereocenters. The maximum Gasteiger partial charge on any atom is 0.490 e. The van der Waals surface area contributed by atoms with E-state index in [4.69, 9.17) is 15.0 Å². The molecule has 1 aliphatic rings. The first-order valence-electron chi connectivity index (χ1n) is 6.13. The average molecular weight is 323 g/mol. The van der Waals surface area contributed by atoms with E-state index in [-0.39, 0.29) is 11.7 Å². The molecule has 0 radical (unpaired) electrons. The van der Waals surface area contributed by atoms with Crippen molar-refractivity contribution >= 4 is 11.9 Å². The molecule has 2 unspecified atom stereocenters. The summed E-state index contributed by atoms with van der Waals surface area (Å²) in [5, 5.41) is 18.9. The quantitative estimate of drug-likeness (QED) is 0.725. The summed E-state index contributed by atoms with van der Waals surface area (Å²) in [6, 6.07) is 5.77. The molecule has 1 fully saturated rings. The number of benzene rings is 1. The molecule has 0 amide bonds. The van der Waals surface area contributed by atoms with Crippen LogP contribution >= 0.6 is 0 Å². The molecule has 2 rings (SSSR count). The van der Waals surface area contributed by atoms with Gasteiger partial charge in [0.15, 0.2) is 0 Å². The molecule has 3 N–H and O–H groups in total. The Balaban J connectivity index is 0.000000295. The van der Waals surface area contributed by atoms with Crippen LogP contribution in [0.4, 0.5) is 17.6 Å². The molecule has 1 aliphatic heterocycles. The first-order chi connectivity index (χ1) is 10.1. The van der Waals surface area contributed by atoms with Crippen LogP contribution < -0.4 is 5.32 Å². The maximum atomic E-state index is 12.7. The Kier molecular flexibility index (Phi) is 5.86. The second-order valence-electron chi connectivity index (χ2n) is 4.59. The highest BCUT2D eigenvalue weighted by Gasteiger charge is 2.38. The lowest BCUT2D eigenvalue weighted by Gasteiger charge is -2.08. The zero-order chi connectivity index (χ0) is 16.9. The van der Waals surface area contributed by atoms with Gasteiger partial charge in [-0.25, -0.2) is 9.18 Å². The van der Waals surface area contributed by atoms with Gasteiger partial charge in [0.2, 0.25) is 0 Å². The fraction of sp³-hybridized carbons (Fsp3) is 0.385. The molecule has 1 aromatic carbocycles. The van der Waals surface area contributed by atoms with Crippen LogP contribution in [0.25, 0.3) is 0 Å². The molecule has 9 heteroatoms. The molecule has 0 saturated carbocycles. The number of hydrogen-bond acceptors (Lipinski definition) is 3. The lowest BCUT2D eigenvalue weighted by molar-refractivity contribution is -0.192. The summed E-state index contributed by atoms with van der Waals surface area (Å²) in [7, 11) is 0. The minimum absolute atomic E-state index is 0.173. The third-order valence-electron chi connectivity index (χ3n) is 3.01. The van der Waals surface area contributed by atoms with Crippen molar-refractivity contribution in [1.29, 1.82) is 0 Å². The van der Waals surface area contributed by atoms with Gasteiger partial charge in [0.25, 0.3) is 0 Å². The number of alkyl halides is 3. The Bertz CT molecular complexity index is 530. The summed E-state index contributed by atoms with van der Waals surface area (Å²) >= 11 is 0. The minimum atomic E-state index is -5.08. The number of rotatable bonds is 2. The highest BCUT2D eigenvalue weighted by atomic mass is 19.4. The molecule has 1 saturated heterocycles. The van der Waals surface area contributed by atoms with E-state index in [1.807, 2.05) is 0 Å². The highest BCUT2D eigenvalue weighted by molar-refractivity contribution is 5.74. The van der Waals surface area contributed by atoms with Crippen LogP contribution in [0.15, 0.2) is 24.3 Å². The molecule has 5 nitrogen and oxygen atoms in total. The van der Waals surface area contributed by atoms with Gasteiger partial charge in [0.1, 0.15) is 11.9 Å². The predicted octanol–water partition coefficient (Wildman–Crippen LogP) is 1.99. The van der Waals surface area contributed by atoms with Gasteiger partial charge in [-0.1, -0.05) is 12.1 Å². The van der Waals surface area contributed by atoms with E-state index in [1.165, 1.54) is 12.1 Å². The van der Waals surface area contributed by atoms with Crippen LogP contribution in [0.3, 0.4) is 0 Å². The van der Waals surface area contributed by atoms with Crippen molar-refractivity contribution in [3.8, 4) is 0 Å². The number of carboxylic acid groups (broad SMARTS) is 2. The molecule has 0 spiro atoms. The summed E-state index contributed by atoms with van der Waals surface area (Å²) < 4.78 is 44.4.